The van der Waals surface area contributed by atoms with E-state index in [1.54, 1.807) is 24.3 Å². The number of halogens is 2. The number of amides is 1. The number of nitrogens with zero attached hydrogens (tertiary/aromatic N) is 1. The summed E-state index contributed by atoms with van der Waals surface area (Å²) in [5.74, 6) is 0.192. The summed E-state index contributed by atoms with van der Waals surface area (Å²) in [4.78, 5) is 15.9. The van der Waals surface area contributed by atoms with Crippen LogP contribution in [-0.2, 0) is 0 Å². The minimum absolute atomic E-state index is 0.339. The summed E-state index contributed by atoms with van der Waals surface area (Å²) < 4.78 is 0. The second-order valence-corrected chi connectivity index (χ2v) is 6.50. The third kappa shape index (κ3) is 3.11. The van der Waals surface area contributed by atoms with Crippen molar-refractivity contribution in [3.63, 3.8) is 0 Å². The van der Waals surface area contributed by atoms with Gasteiger partial charge in [-0.25, -0.2) is 4.99 Å². The van der Waals surface area contributed by atoms with E-state index < -0.39 is 16.7 Å². The molecule has 124 valence electrons. The Labute approximate surface area is 149 Å². The highest BCUT2D eigenvalue weighted by atomic mass is 35.5. The predicted octanol–water partition coefficient (Wildman–Crippen LogP) is 2.25. The van der Waals surface area contributed by atoms with Crippen molar-refractivity contribution < 1.29 is 4.79 Å². The fraction of sp³-hybridized carbons (Fsp3) is 0.176. The van der Waals surface area contributed by atoms with Crippen LogP contribution in [0.4, 0.5) is 0 Å². The van der Waals surface area contributed by atoms with Crippen molar-refractivity contribution >= 4 is 34.9 Å². The summed E-state index contributed by atoms with van der Waals surface area (Å²) in [6.07, 6.45) is -0.833. The Morgan fingerprint density at radius 2 is 1.71 bits per heavy atom. The van der Waals surface area contributed by atoms with Crippen LogP contribution in [0.1, 0.15) is 15.9 Å². The van der Waals surface area contributed by atoms with E-state index in [9.17, 15) is 4.79 Å². The highest BCUT2D eigenvalue weighted by Crippen LogP contribution is 2.27. The van der Waals surface area contributed by atoms with Crippen molar-refractivity contribution in [1.29, 1.82) is 0 Å². The first-order valence-corrected chi connectivity index (χ1v) is 8.23. The molecule has 0 aromatic heterocycles. The molecule has 2 aromatic rings. The minimum Gasteiger partial charge on any atom is -0.342 e. The number of carbonyl (C=O) groups excluding carboxylic acids is 1. The lowest BCUT2D eigenvalue weighted by Gasteiger charge is -2.35. The fourth-order valence-electron chi connectivity index (χ4n) is 2.48. The zero-order chi connectivity index (χ0) is 17.2. The van der Waals surface area contributed by atoms with Crippen molar-refractivity contribution in [1.82, 2.24) is 10.6 Å². The molecule has 0 spiro atoms. The number of nitrogens with one attached hydrogen (secondary N) is 2. The second kappa shape index (κ2) is 6.81. The molecule has 0 radical (unpaired) electrons. The molecule has 24 heavy (non-hydrogen) atoms. The molecule has 0 aliphatic carbocycles. The van der Waals surface area contributed by atoms with Gasteiger partial charge in [-0.15, -0.1) is 23.2 Å². The molecular weight excluding hydrogens is 347 g/mol. The molecule has 1 aliphatic rings. The minimum atomic E-state index is -1.29. The van der Waals surface area contributed by atoms with Gasteiger partial charge >= 0.3 is 0 Å². The van der Waals surface area contributed by atoms with E-state index in [1.165, 1.54) is 0 Å². The van der Waals surface area contributed by atoms with Gasteiger partial charge in [-0.2, -0.15) is 0 Å². The van der Waals surface area contributed by atoms with Gasteiger partial charge in [0.1, 0.15) is 12.0 Å². The van der Waals surface area contributed by atoms with Crippen LogP contribution in [0.2, 0.25) is 0 Å². The lowest BCUT2D eigenvalue weighted by molar-refractivity contribution is 0.0886. The molecule has 2 atom stereocenters. The SMILES string of the molecule is N[C@@H]1N=C(c2ccccc2)N[C@]1(NC(=O)c1ccccc1)C(Cl)Cl. The molecule has 0 unspecified atom stereocenters. The Kier molecular flexibility index (Phi) is 4.76. The monoisotopic (exact) mass is 362 g/mol. The summed E-state index contributed by atoms with van der Waals surface area (Å²) in [5, 5.41) is 5.90. The van der Waals surface area contributed by atoms with E-state index in [4.69, 9.17) is 28.9 Å². The zero-order valence-electron chi connectivity index (χ0n) is 12.6. The molecule has 0 bridgehead atoms. The van der Waals surface area contributed by atoms with E-state index in [1.807, 2.05) is 36.4 Å². The van der Waals surface area contributed by atoms with Crippen LogP contribution < -0.4 is 16.4 Å². The average molecular weight is 363 g/mol. The number of carbonyl (C=O) groups is 1. The number of aliphatic imine (C=N–C) groups is 1. The number of rotatable bonds is 4. The average Bonchev–Trinajstić information content (AvgIpc) is 2.94. The lowest BCUT2D eigenvalue weighted by Crippen LogP contribution is -2.69. The highest BCUT2D eigenvalue weighted by Gasteiger charge is 2.49. The predicted molar refractivity (Wildman–Crippen MR) is 96.2 cm³/mol. The van der Waals surface area contributed by atoms with E-state index in [2.05, 4.69) is 15.6 Å². The van der Waals surface area contributed by atoms with Crippen LogP contribution in [0.15, 0.2) is 65.7 Å². The maximum atomic E-state index is 12.5. The standard InChI is InChI=1S/C17H16Cl2N4O/c18-15(19)17(23-14(24)12-9-5-2-6-10-12)16(20)21-13(22-17)11-7-3-1-4-8-11/h1-10,15-16H,20H2,(H,21,22)(H,23,24)/t16-,17+/m1/s1. The zero-order valence-corrected chi connectivity index (χ0v) is 14.1. The van der Waals surface area contributed by atoms with Gasteiger partial charge in [0.25, 0.3) is 5.91 Å². The molecule has 4 N–H and O–H groups in total. The van der Waals surface area contributed by atoms with Crippen LogP contribution >= 0.6 is 23.2 Å². The normalized spacial score (nSPS) is 22.8. The number of nitrogens with two attached hydrogens (primary N) is 1. The number of benzene rings is 2. The van der Waals surface area contributed by atoms with Crippen LogP contribution in [0.5, 0.6) is 0 Å². The molecular formula is C17H16Cl2N4O. The van der Waals surface area contributed by atoms with Crippen LogP contribution in [0.25, 0.3) is 0 Å². The van der Waals surface area contributed by atoms with Crippen LogP contribution in [0, 0.1) is 0 Å². The maximum Gasteiger partial charge on any atom is 0.253 e. The fourth-order valence-corrected chi connectivity index (χ4v) is 2.96. The first-order valence-electron chi connectivity index (χ1n) is 7.35. The highest BCUT2D eigenvalue weighted by molar-refractivity contribution is 6.45. The van der Waals surface area contributed by atoms with E-state index in [0.29, 0.717) is 11.4 Å². The molecule has 0 saturated heterocycles. The van der Waals surface area contributed by atoms with Crippen molar-refractivity contribution in [2.45, 2.75) is 16.7 Å². The van der Waals surface area contributed by atoms with Gasteiger partial charge in [-0.05, 0) is 12.1 Å². The first-order chi connectivity index (χ1) is 11.5. The quantitative estimate of drug-likeness (QED) is 0.729. The Hall–Kier alpha value is -2.08. The Morgan fingerprint density at radius 1 is 1.12 bits per heavy atom. The summed E-state index contributed by atoms with van der Waals surface area (Å²) in [6.45, 7) is 0. The molecule has 1 amide bonds. The largest absolute Gasteiger partial charge is 0.342 e. The molecule has 1 aliphatic heterocycles. The van der Waals surface area contributed by atoms with Crippen LogP contribution in [0.3, 0.4) is 0 Å². The van der Waals surface area contributed by atoms with Gasteiger partial charge in [0.15, 0.2) is 10.5 Å². The van der Waals surface area contributed by atoms with Crippen molar-refractivity contribution in [2.24, 2.45) is 10.7 Å². The van der Waals surface area contributed by atoms with Gasteiger partial charge in [0, 0.05) is 11.1 Å². The second-order valence-electron chi connectivity index (χ2n) is 5.40. The van der Waals surface area contributed by atoms with Crippen LogP contribution in [-0.4, -0.2) is 28.4 Å². The van der Waals surface area contributed by atoms with Crippen molar-refractivity contribution in [3.05, 3.63) is 71.8 Å². The number of hydrogen-bond acceptors (Lipinski definition) is 4. The molecule has 3 rings (SSSR count). The summed E-state index contributed by atoms with van der Waals surface area (Å²) >= 11 is 12.3. The van der Waals surface area contributed by atoms with Gasteiger partial charge < -0.3 is 16.4 Å². The lowest BCUT2D eigenvalue weighted by atomic mass is 10.1. The van der Waals surface area contributed by atoms with Gasteiger partial charge in [-0.1, -0.05) is 48.5 Å². The number of hydrogen-bond donors (Lipinski definition) is 3. The van der Waals surface area contributed by atoms with Gasteiger partial charge in [0.05, 0.1) is 0 Å². The summed E-state index contributed by atoms with van der Waals surface area (Å²) in [5.41, 5.74) is 6.16. The van der Waals surface area contributed by atoms with E-state index in [-0.39, 0.29) is 5.91 Å². The van der Waals surface area contributed by atoms with E-state index in [0.717, 1.165) is 5.56 Å². The van der Waals surface area contributed by atoms with Crippen molar-refractivity contribution in [3.8, 4) is 0 Å². The summed E-state index contributed by atoms with van der Waals surface area (Å²) in [6, 6.07) is 18.2. The Bertz CT molecular complexity index is 752. The smallest absolute Gasteiger partial charge is 0.253 e. The summed E-state index contributed by atoms with van der Waals surface area (Å²) in [7, 11) is 0. The van der Waals surface area contributed by atoms with E-state index >= 15 is 0 Å². The van der Waals surface area contributed by atoms with Gasteiger partial charge in [-0.3, -0.25) is 4.79 Å². The molecule has 1 heterocycles. The number of amidine groups is 1. The first kappa shape index (κ1) is 16.8. The van der Waals surface area contributed by atoms with Gasteiger partial charge in [0.2, 0.25) is 0 Å². The molecule has 7 heteroatoms. The number of alkyl halides is 2. The molecule has 2 aromatic carbocycles. The Balaban J connectivity index is 1.87. The van der Waals surface area contributed by atoms with Crippen molar-refractivity contribution in [2.75, 3.05) is 0 Å². The third-order valence-electron chi connectivity index (χ3n) is 3.81. The Morgan fingerprint density at radius 3 is 2.29 bits per heavy atom. The third-order valence-corrected chi connectivity index (χ3v) is 4.50. The maximum absolute atomic E-state index is 12.5. The molecule has 5 nitrogen and oxygen atoms in total. The topological polar surface area (TPSA) is 79.5 Å². The molecule has 0 fully saturated rings. The molecule has 0 saturated carbocycles.